The fourth-order valence-corrected chi connectivity index (χ4v) is 2.23. The lowest BCUT2D eigenvalue weighted by atomic mass is 10.2. The van der Waals surface area contributed by atoms with Crippen molar-refractivity contribution < 1.29 is 9.47 Å². The molecule has 2 heterocycles. The maximum absolute atomic E-state index is 5.76. The van der Waals surface area contributed by atoms with E-state index in [0.29, 0.717) is 35.4 Å². The van der Waals surface area contributed by atoms with E-state index < -0.39 is 0 Å². The van der Waals surface area contributed by atoms with Crippen LogP contribution in [0.2, 0.25) is 0 Å². The molecule has 0 spiro atoms. The number of benzene rings is 1. The van der Waals surface area contributed by atoms with Gasteiger partial charge >= 0.3 is 0 Å². The van der Waals surface area contributed by atoms with Crippen LogP contribution >= 0.6 is 0 Å². The van der Waals surface area contributed by atoms with Crippen LogP contribution in [-0.4, -0.2) is 22.1 Å². The van der Waals surface area contributed by atoms with E-state index in [-0.39, 0.29) is 0 Å². The molecule has 7 nitrogen and oxygen atoms in total. The second-order valence-corrected chi connectivity index (χ2v) is 5.29. The fourth-order valence-electron chi connectivity index (χ4n) is 2.23. The molecule has 0 atom stereocenters. The second-order valence-electron chi connectivity index (χ2n) is 5.29. The van der Waals surface area contributed by atoms with Crippen LogP contribution in [0.3, 0.4) is 0 Å². The highest BCUT2D eigenvalue weighted by Gasteiger charge is 2.04. The van der Waals surface area contributed by atoms with Crippen LogP contribution in [0.15, 0.2) is 67.1 Å². The first-order valence-electron chi connectivity index (χ1n) is 8.00. The van der Waals surface area contributed by atoms with Gasteiger partial charge in [-0.05, 0) is 30.5 Å². The zero-order chi connectivity index (χ0) is 18.2. The summed E-state index contributed by atoms with van der Waals surface area (Å²) in [6, 6.07) is 14.7. The molecule has 0 radical (unpaired) electrons. The van der Waals surface area contributed by atoms with Crippen molar-refractivity contribution in [3.63, 3.8) is 0 Å². The molecular formula is C19H19N5O2. The molecule has 0 saturated heterocycles. The topological polar surface area (TPSA) is 95.2 Å². The van der Waals surface area contributed by atoms with E-state index in [1.165, 1.54) is 12.5 Å². The third-order valence-corrected chi connectivity index (χ3v) is 3.43. The minimum absolute atomic E-state index is 0.415. The smallest absolute Gasteiger partial charge is 0.224 e. The summed E-state index contributed by atoms with van der Waals surface area (Å²) in [6.45, 7) is 0. The predicted molar refractivity (Wildman–Crippen MR) is 99.7 cm³/mol. The van der Waals surface area contributed by atoms with E-state index in [9.17, 15) is 0 Å². The van der Waals surface area contributed by atoms with E-state index in [1.807, 2.05) is 42.5 Å². The number of nitrogens with two attached hydrogens (primary N) is 1. The zero-order valence-corrected chi connectivity index (χ0v) is 14.3. The van der Waals surface area contributed by atoms with Crippen molar-refractivity contribution in [2.75, 3.05) is 12.4 Å². The van der Waals surface area contributed by atoms with Crippen molar-refractivity contribution in [1.82, 2.24) is 15.0 Å². The van der Waals surface area contributed by atoms with Crippen molar-refractivity contribution >= 4 is 11.6 Å². The number of methoxy groups -OCH3 is 1. The summed E-state index contributed by atoms with van der Waals surface area (Å²) < 4.78 is 10.9. The van der Waals surface area contributed by atoms with Crippen LogP contribution < -0.4 is 20.5 Å². The molecule has 0 unspecified atom stereocenters. The Hall–Kier alpha value is -3.61. The van der Waals surface area contributed by atoms with Crippen molar-refractivity contribution in [3.05, 3.63) is 72.8 Å². The lowest BCUT2D eigenvalue weighted by Gasteiger charge is -2.09. The molecule has 132 valence electrons. The van der Waals surface area contributed by atoms with Gasteiger partial charge < -0.3 is 20.5 Å². The molecule has 26 heavy (non-hydrogen) atoms. The van der Waals surface area contributed by atoms with Crippen LogP contribution in [0, 0.1) is 0 Å². The van der Waals surface area contributed by atoms with Crippen LogP contribution in [-0.2, 0) is 6.42 Å². The van der Waals surface area contributed by atoms with Gasteiger partial charge in [0.15, 0.2) is 0 Å². The van der Waals surface area contributed by atoms with Gasteiger partial charge in [0.1, 0.15) is 29.5 Å². The second kappa shape index (κ2) is 8.48. The summed E-state index contributed by atoms with van der Waals surface area (Å²) in [5, 5.41) is 3.15. The monoisotopic (exact) mass is 349 g/mol. The number of hydrogen-bond donors (Lipinski definition) is 2. The first-order valence-corrected chi connectivity index (χ1v) is 8.00. The molecule has 7 heteroatoms. The number of nitrogens with one attached hydrogen (secondary N) is 1. The molecule has 3 rings (SSSR count). The Morgan fingerprint density at radius 3 is 2.73 bits per heavy atom. The average molecular weight is 349 g/mol. The molecular weight excluding hydrogens is 330 g/mol. The minimum atomic E-state index is 0.415. The summed E-state index contributed by atoms with van der Waals surface area (Å²) >= 11 is 0. The Morgan fingerprint density at radius 2 is 1.88 bits per heavy atom. The molecule has 0 fully saturated rings. The molecule has 3 aromatic rings. The Kier molecular flexibility index (Phi) is 5.61. The Morgan fingerprint density at radius 1 is 1.04 bits per heavy atom. The Labute approximate surface area is 151 Å². The van der Waals surface area contributed by atoms with Gasteiger partial charge in [0.2, 0.25) is 5.88 Å². The number of aromatic nitrogens is 3. The normalized spacial score (nSPS) is 10.7. The number of rotatable bonds is 7. The fraction of sp³-hybridized carbons (Fsp3) is 0.105. The van der Waals surface area contributed by atoms with Gasteiger partial charge in [-0.2, -0.15) is 0 Å². The molecule has 0 amide bonds. The number of hydrogen-bond acceptors (Lipinski definition) is 7. The van der Waals surface area contributed by atoms with E-state index in [0.717, 1.165) is 5.69 Å². The van der Waals surface area contributed by atoms with Crippen molar-refractivity contribution in [1.29, 1.82) is 0 Å². The van der Waals surface area contributed by atoms with Gasteiger partial charge in [-0.3, -0.25) is 0 Å². The van der Waals surface area contributed by atoms with E-state index in [4.69, 9.17) is 15.2 Å². The first-order chi connectivity index (χ1) is 12.8. The Bertz CT molecular complexity index is 898. The summed E-state index contributed by atoms with van der Waals surface area (Å²) in [4.78, 5) is 12.8. The van der Waals surface area contributed by atoms with Crippen LogP contribution in [0.4, 0.5) is 11.6 Å². The molecule has 0 aliphatic rings. The zero-order valence-electron chi connectivity index (χ0n) is 14.3. The molecule has 2 aromatic heterocycles. The lowest BCUT2D eigenvalue weighted by molar-refractivity contribution is 0.407. The highest BCUT2D eigenvalue weighted by atomic mass is 16.5. The number of pyridine rings is 1. The number of allylic oxidation sites excluding steroid dienone is 1. The molecule has 0 bridgehead atoms. The Balaban J connectivity index is 1.73. The van der Waals surface area contributed by atoms with Crippen LogP contribution in [0.1, 0.15) is 5.69 Å². The largest absolute Gasteiger partial charge is 0.497 e. The summed E-state index contributed by atoms with van der Waals surface area (Å²) in [5.74, 6) is 3.01. The quantitative estimate of drug-likeness (QED) is 0.674. The highest BCUT2D eigenvalue weighted by Crippen LogP contribution is 2.25. The molecule has 0 aliphatic carbocycles. The first kappa shape index (κ1) is 17.2. The van der Waals surface area contributed by atoms with Gasteiger partial charge in [-0.1, -0.05) is 18.2 Å². The summed E-state index contributed by atoms with van der Waals surface area (Å²) in [7, 11) is 1.61. The van der Waals surface area contributed by atoms with Gasteiger partial charge in [0, 0.05) is 24.2 Å². The number of nitrogens with zero attached hydrogens (tertiary/aromatic N) is 3. The van der Waals surface area contributed by atoms with Crippen molar-refractivity contribution in [3.8, 4) is 17.4 Å². The standard InChI is InChI=1S/C19H19N5O2/c1-25-15-7-3-8-16(11-15)26-19-12-18(21-13-22-19)24-17-9-2-5-14(23-17)6-4-10-20/h2-5,7-13H,6,20H2,1H3,(H,21,22,23,24). The van der Waals surface area contributed by atoms with Gasteiger partial charge in [0.25, 0.3) is 0 Å². The molecule has 1 aromatic carbocycles. The van der Waals surface area contributed by atoms with E-state index >= 15 is 0 Å². The van der Waals surface area contributed by atoms with Gasteiger partial charge in [-0.25, -0.2) is 15.0 Å². The summed E-state index contributed by atoms with van der Waals surface area (Å²) in [6.07, 6.45) is 5.45. The highest BCUT2D eigenvalue weighted by molar-refractivity contribution is 5.52. The molecule has 3 N–H and O–H groups in total. The molecule has 0 aliphatic heterocycles. The number of anilines is 2. The maximum Gasteiger partial charge on any atom is 0.224 e. The third kappa shape index (κ3) is 4.70. The molecule has 0 saturated carbocycles. The number of ether oxygens (including phenoxy) is 2. The lowest BCUT2D eigenvalue weighted by Crippen LogP contribution is -1.99. The SMILES string of the molecule is COc1cccc(Oc2cc(Nc3cccc(CC=CN)n3)ncn2)c1. The van der Waals surface area contributed by atoms with E-state index in [2.05, 4.69) is 20.3 Å². The third-order valence-electron chi connectivity index (χ3n) is 3.43. The van der Waals surface area contributed by atoms with Gasteiger partial charge in [0.05, 0.1) is 7.11 Å². The van der Waals surface area contributed by atoms with Crippen molar-refractivity contribution in [2.24, 2.45) is 5.73 Å². The average Bonchev–Trinajstić information content (AvgIpc) is 2.67. The van der Waals surface area contributed by atoms with Crippen LogP contribution in [0.25, 0.3) is 0 Å². The van der Waals surface area contributed by atoms with Gasteiger partial charge in [-0.15, -0.1) is 0 Å². The van der Waals surface area contributed by atoms with Crippen molar-refractivity contribution in [2.45, 2.75) is 6.42 Å². The maximum atomic E-state index is 5.76. The predicted octanol–water partition coefficient (Wildman–Crippen LogP) is 3.43. The summed E-state index contributed by atoms with van der Waals surface area (Å²) in [5.41, 5.74) is 6.27. The van der Waals surface area contributed by atoms with Crippen LogP contribution in [0.5, 0.6) is 17.4 Å². The minimum Gasteiger partial charge on any atom is -0.497 e. The van der Waals surface area contributed by atoms with E-state index in [1.54, 1.807) is 19.2 Å².